The van der Waals surface area contributed by atoms with Crippen LogP contribution in [0.3, 0.4) is 0 Å². The maximum atomic E-state index is 13.1. The SMILES string of the molecule is CC(C)(C)OC(=O)NC(C)(C)C(=O)NNC(=O)[C@H](Cc1c[nH]c2ccccc12)NC(=O)OCc1ccccc1. The number of rotatable bonds is 8. The number of carbonyl (C=O) groups is 4. The Bertz CT molecular complexity index is 1310. The van der Waals surface area contributed by atoms with Gasteiger partial charge in [-0.2, -0.15) is 0 Å². The second-order valence-corrected chi connectivity index (χ2v) is 10.5. The molecule has 0 fully saturated rings. The monoisotopic (exact) mass is 537 g/mol. The third-order valence-corrected chi connectivity index (χ3v) is 5.60. The van der Waals surface area contributed by atoms with Gasteiger partial charge in [-0.25, -0.2) is 9.59 Å². The lowest BCUT2D eigenvalue weighted by molar-refractivity contribution is -0.132. The summed E-state index contributed by atoms with van der Waals surface area (Å²) >= 11 is 0. The van der Waals surface area contributed by atoms with Crippen LogP contribution in [-0.2, 0) is 32.1 Å². The number of aromatic nitrogens is 1. The van der Waals surface area contributed by atoms with Crippen LogP contribution in [0, 0.1) is 0 Å². The average molecular weight is 538 g/mol. The molecule has 0 aliphatic rings. The Kier molecular flexibility index (Phi) is 9.18. The van der Waals surface area contributed by atoms with E-state index in [9.17, 15) is 19.2 Å². The summed E-state index contributed by atoms with van der Waals surface area (Å²) in [6.45, 7) is 8.04. The van der Waals surface area contributed by atoms with Gasteiger partial charge in [-0.1, -0.05) is 48.5 Å². The van der Waals surface area contributed by atoms with E-state index in [1.807, 2.05) is 54.6 Å². The van der Waals surface area contributed by atoms with Crippen LogP contribution in [0.15, 0.2) is 60.8 Å². The van der Waals surface area contributed by atoms with Crippen molar-refractivity contribution in [1.82, 2.24) is 26.5 Å². The van der Waals surface area contributed by atoms with E-state index in [1.54, 1.807) is 27.0 Å². The number of benzene rings is 2. The first-order valence-corrected chi connectivity index (χ1v) is 12.5. The van der Waals surface area contributed by atoms with Crippen molar-refractivity contribution in [3.05, 3.63) is 71.9 Å². The smallest absolute Gasteiger partial charge is 0.408 e. The van der Waals surface area contributed by atoms with Crippen LogP contribution < -0.4 is 21.5 Å². The minimum Gasteiger partial charge on any atom is -0.445 e. The summed E-state index contributed by atoms with van der Waals surface area (Å²) in [5, 5.41) is 5.94. The van der Waals surface area contributed by atoms with Gasteiger partial charge in [0.15, 0.2) is 0 Å². The molecule has 0 unspecified atom stereocenters. The molecule has 11 heteroatoms. The van der Waals surface area contributed by atoms with E-state index in [2.05, 4.69) is 26.5 Å². The molecule has 1 heterocycles. The summed E-state index contributed by atoms with van der Waals surface area (Å²) in [6, 6.07) is 15.6. The lowest BCUT2D eigenvalue weighted by atomic mass is 10.0. The zero-order valence-corrected chi connectivity index (χ0v) is 22.7. The molecule has 0 bridgehead atoms. The van der Waals surface area contributed by atoms with E-state index >= 15 is 0 Å². The van der Waals surface area contributed by atoms with Gasteiger partial charge in [0.25, 0.3) is 11.8 Å². The van der Waals surface area contributed by atoms with Gasteiger partial charge in [-0.3, -0.25) is 20.4 Å². The van der Waals surface area contributed by atoms with Gasteiger partial charge >= 0.3 is 12.2 Å². The van der Waals surface area contributed by atoms with Gasteiger partial charge < -0.3 is 25.1 Å². The van der Waals surface area contributed by atoms with Crippen LogP contribution in [0.5, 0.6) is 0 Å². The molecule has 0 spiro atoms. The van der Waals surface area contributed by atoms with Gasteiger partial charge in [0.1, 0.15) is 23.8 Å². The fraction of sp³-hybridized carbons (Fsp3) is 0.357. The van der Waals surface area contributed by atoms with Gasteiger partial charge in [0, 0.05) is 23.5 Å². The number of para-hydroxylation sites is 1. The Morgan fingerprint density at radius 2 is 1.54 bits per heavy atom. The molecule has 2 aromatic carbocycles. The predicted molar refractivity (Wildman–Crippen MR) is 145 cm³/mol. The molecule has 3 rings (SSSR count). The normalized spacial score (nSPS) is 12.2. The molecule has 0 aliphatic heterocycles. The molecule has 1 aromatic heterocycles. The van der Waals surface area contributed by atoms with Crippen LogP contribution in [0.2, 0.25) is 0 Å². The predicted octanol–water partition coefficient (Wildman–Crippen LogP) is 3.46. The number of hydrogen-bond acceptors (Lipinski definition) is 6. The number of nitrogens with one attached hydrogen (secondary N) is 5. The van der Waals surface area contributed by atoms with Gasteiger partial charge in [0.05, 0.1) is 0 Å². The number of alkyl carbamates (subject to hydrolysis) is 2. The van der Waals surface area contributed by atoms with Crippen molar-refractivity contribution in [3.63, 3.8) is 0 Å². The zero-order valence-electron chi connectivity index (χ0n) is 22.7. The number of H-pyrrole nitrogens is 1. The molecule has 0 saturated carbocycles. The van der Waals surface area contributed by atoms with Crippen LogP contribution in [0.4, 0.5) is 9.59 Å². The Balaban J connectivity index is 1.67. The van der Waals surface area contributed by atoms with Crippen LogP contribution in [0.1, 0.15) is 45.7 Å². The van der Waals surface area contributed by atoms with Crippen molar-refractivity contribution in [2.75, 3.05) is 0 Å². The molecule has 4 amide bonds. The van der Waals surface area contributed by atoms with Crippen molar-refractivity contribution < 1.29 is 28.7 Å². The van der Waals surface area contributed by atoms with Gasteiger partial charge in [-0.15, -0.1) is 0 Å². The molecular formula is C28H35N5O6. The lowest BCUT2D eigenvalue weighted by Crippen LogP contribution is -2.61. The van der Waals surface area contributed by atoms with Crippen molar-refractivity contribution >= 4 is 34.9 Å². The molecule has 3 aromatic rings. The number of hydrazine groups is 1. The third kappa shape index (κ3) is 8.77. The third-order valence-electron chi connectivity index (χ3n) is 5.60. The van der Waals surface area contributed by atoms with Crippen LogP contribution in [0.25, 0.3) is 10.9 Å². The number of fused-ring (bicyclic) bond motifs is 1. The molecule has 0 radical (unpaired) electrons. The fourth-order valence-electron chi connectivity index (χ4n) is 3.61. The van der Waals surface area contributed by atoms with Crippen LogP contribution >= 0.6 is 0 Å². The standard InChI is InChI=1S/C28H35N5O6/c1-27(2,3)39-26(37)31-28(4,5)24(35)33-32-23(34)22(15-19-16-29-21-14-10-9-13-20(19)21)30-25(36)38-17-18-11-7-6-8-12-18/h6-14,16,22,29H,15,17H2,1-5H3,(H,30,36)(H,31,37)(H,32,34)(H,33,35)/t22-/m0/s1. The number of hydrogen-bond donors (Lipinski definition) is 5. The zero-order chi connectivity index (χ0) is 28.6. The summed E-state index contributed by atoms with van der Waals surface area (Å²) < 4.78 is 10.5. The molecule has 39 heavy (non-hydrogen) atoms. The second-order valence-electron chi connectivity index (χ2n) is 10.5. The Morgan fingerprint density at radius 1 is 0.872 bits per heavy atom. The van der Waals surface area contributed by atoms with E-state index in [1.165, 1.54) is 13.8 Å². The molecule has 11 nitrogen and oxygen atoms in total. The highest BCUT2D eigenvalue weighted by atomic mass is 16.6. The van der Waals surface area contributed by atoms with E-state index in [0.29, 0.717) is 0 Å². The van der Waals surface area contributed by atoms with E-state index in [0.717, 1.165) is 22.0 Å². The number of ether oxygens (including phenoxy) is 2. The van der Waals surface area contributed by atoms with E-state index in [4.69, 9.17) is 9.47 Å². The molecule has 0 aliphatic carbocycles. The van der Waals surface area contributed by atoms with Gasteiger partial charge in [-0.05, 0) is 51.8 Å². The van der Waals surface area contributed by atoms with Crippen molar-refractivity contribution in [2.45, 2.75) is 64.8 Å². The summed E-state index contributed by atoms with van der Waals surface area (Å²) in [5.41, 5.74) is 4.94. The summed E-state index contributed by atoms with van der Waals surface area (Å²) in [5.74, 6) is -1.38. The lowest BCUT2D eigenvalue weighted by Gasteiger charge is -2.28. The first-order chi connectivity index (χ1) is 18.3. The minimum atomic E-state index is -1.41. The number of aromatic amines is 1. The second kappa shape index (κ2) is 12.3. The highest BCUT2D eigenvalue weighted by Gasteiger charge is 2.33. The Morgan fingerprint density at radius 3 is 2.23 bits per heavy atom. The van der Waals surface area contributed by atoms with Gasteiger partial charge in [0.2, 0.25) is 0 Å². The highest BCUT2D eigenvalue weighted by molar-refractivity contribution is 5.93. The molecule has 1 atom stereocenters. The quantitative estimate of drug-likeness (QED) is 0.278. The summed E-state index contributed by atoms with van der Waals surface area (Å²) in [6.07, 6.45) is 0.297. The van der Waals surface area contributed by atoms with Crippen LogP contribution in [-0.4, -0.2) is 46.2 Å². The summed E-state index contributed by atoms with van der Waals surface area (Å²) in [4.78, 5) is 53.7. The van der Waals surface area contributed by atoms with E-state index < -0.39 is 41.2 Å². The number of carbonyl (C=O) groups excluding carboxylic acids is 4. The molecule has 208 valence electrons. The summed E-state index contributed by atoms with van der Waals surface area (Å²) in [7, 11) is 0. The largest absolute Gasteiger partial charge is 0.445 e. The Hall–Kier alpha value is -4.54. The first-order valence-electron chi connectivity index (χ1n) is 12.5. The topological polar surface area (TPSA) is 151 Å². The van der Waals surface area contributed by atoms with E-state index in [-0.39, 0.29) is 13.0 Å². The Labute approximate surface area is 227 Å². The first kappa shape index (κ1) is 29.0. The maximum absolute atomic E-state index is 13.1. The van der Waals surface area contributed by atoms with Crippen molar-refractivity contribution in [1.29, 1.82) is 0 Å². The minimum absolute atomic E-state index is 0.0232. The number of amides is 4. The fourth-order valence-corrected chi connectivity index (χ4v) is 3.61. The maximum Gasteiger partial charge on any atom is 0.408 e. The molecule has 0 saturated heterocycles. The molecular weight excluding hydrogens is 502 g/mol. The highest BCUT2D eigenvalue weighted by Crippen LogP contribution is 2.19. The van der Waals surface area contributed by atoms with Crippen molar-refractivity contribution in [2.24, 2.45) is 0 Å². The average Bonchev–Trinajstić information content (AvgIpc) is 3.27. The van der Waals surface area contributed by atoms with Crippen molar-refractivity contribution in [3.8, 4) is 0 Å². The molecule has 5 N–H and O–H groups in total.